The van der Waals surface area contributed by atoms with Gasteiger partial charge in [-0.2, -0.15) is 0 Å². The SMILES string of the molecule is C=Cc1ncc(-c2cc(C)ccc2F)cc1F.Cc1ccc(F)c(-c2cnc(C=O)c(F)c2)c1. The zero-order chi connectivity index (χ0) is 24.8. The number of aryl methyl sites for hydroxylation is 2. The molecule has 0 amide bonds. The topological polar surface area (TPSA) is 42.9 Å². The van der Waals surface area contributed by atoms with Gasteiger partial charge in [-0.3, -0.25) is 9.78 Å². The van der Waals surface area contributed by atoms with Crippen LogP contribution in [0.15, 0.2) is 67.5 Å². The average Bonchev–Trinajstić information content (AvgIpc) is 2.82. The Morgan fingerprint density at radius 1 is 0.676 bits per heavy atom. The van der Waals surface area contributed by atoms with Gasteiger partial charge in [-0.05, 0) is 56.3 Å². The Kier molecular flexibility index (Phi) is 7.68. The molecule has 2 aromatic heterocycles. The van der Waals surface area contributed by atoms with Gasteiger partial charge in [0.15, 0.2) is 12.1 Å². The lowest BCUT2D eigenvalue weighted by molar-refractivity contribution is 0.111. The molecule has 0 aliphatic heterocycles. The molecule has 0 spiro atoms. The molecule has 0 radical (unpaired) electrons. The lowest BCUT2D eigenvalue weighted by atomic mass is 10.0. The maximum atomic E-state index is 13.6. The summed E-state index contributed by atoms with van der Waals surface area (Å²) in [6.07, 6.45) is 4.38. The Labute approximate surface area is 194 Å². The zero-order valence-electron chi connectivity index (χ0n) is 18.4. The third-order valence-corrected chi connectivity index (χ3v) is 4.91. The first kappa shape index (κ1) is 24.5. The van der Waals surface area contributed by atoms with Crippen LogP contribution in [0, 0.1) is 37.1 Å². The van der Waals surface area contributed by atoms with Gasteiger partial charge >= 0.3 is 0 Å². The summed E-state index contributed by atoms with van der Waals surface area (Å²) in [5, 5.41) is 0. The predicted octanol–water partition coefficient (Wildman–Crippen LogP) is 7.13. The van der Waals surface area contributed by atoms with E-state index < -0.39 is 17.5 Å². The van der Waals surface area contributed by atoms with Crippen LogP contribution in [-0.4, -0.2) is 16.3 Å². The van der Waals surface area contributed by atoms with Crippen LogP contribution in [0.3, 0.4) is 0 Å². The van der Waals surface area contributed by atoms with E-state index in [1.807, 2.05) is 13.8 Å². The van der Waals surface area contributed by atoms with E-state index in [1.165, 1.54) is 36.7 Å². The third kappa shape index (κ3) is 5.61. The summed E-state index contributed by atoms with van der Waals surface area (Å²) in [5.74, 6) is -2.09. The van der Waals surface area contributed by atoms with Crippen LogP contribution in [-0.2, 0) is 0 Å². The average molecular weight is 464 g/mol. The van der Waals surface area contributed by atoms with E-state index in [-0.39, 0.29) is 22.8 Å². The van der Waals surface area contributed by atoms with E-state index in [4.69, 9.17) is 0 Å². The van der Waals surface area contributed by atoms with Crippen LogP contribution < -0.4 is 0 Å². The largest absolute Gasteiger partial charge is 0.296 e. The molecule has 2 heterocycles. The lowest BCUT2D eigenvalue weighted by Gasteiger charge is -2.05. The standard InChI is InChI=1S/C14H11F2N.C13H9F2NO/c1-3-14-13(16)7-10(8-17-14)11-6-9(2)4-5-12(11)15;1-8-2-3-11(14)10(4-8)9-5-12(15)13(7-17)16-6-9/h3-8H,1H2,2H3;2-7H,1H3. The van der Waals surface area contributed by atoms with Crippen LogP contribution in [0.2, 0.25) is 0 Å². The van der Waals surface area contributed by atoms with Crippen molar-refractivity contribution in [2.75, 3.05) is 0 Å². The van der Waals surface area contributed by atoms with Crippen LogP contribution in [0.4, 0.5) is 17.6 Å². The Morgan fingerprint density at radius 2 is 1.12 bits per heavy atom. The van der Waals surface area contributed by atoms with Gasteiger partial charge in [0.1, 0.15) is 23.1 Å². The minimum Gasteiger partial charge on any atom is -0.296 e. The van der Waals surface area contributed by atoms with Crippen molar-refractivity contribution in [3.8, 4) is 22.3 Å². The molecule has 0 aliphatic rings. The molecule has 7 heteroatoms. The van der Waals surface area contributed by atoms with Crippen LogP contribution in [0.1, 0.15) is 27.3 Å². The molecule has 0 aliphatic carbocycles. The van der Waals surface area contributed by atoms with E-state index in [2.05, 4.69) is 16.5 Å². The molecule has 0 saturated heterocycles. The van der Waals surface area contributed by atoms with Crippen molar-refractivity contribution in [3.05, 3.63) is 113 Å². The van der Waals surface area contributed by atoms with Crippen molar-refractivity contribution < 1.29 is 22.4 Å². The van der Waals surface area contributed by atoms with Gasteiger partial charge < -0.3 is 0 Å². The molecule has 34 heavy (non-hydrogen) atoms. The van der Waals surface area contributed by atoms with Gasteiger partial charge in [0, 0.05) is 34.6 Å². The van der Waals surface area contributed by atoms with Crippen molar-refractivity contribution in [2.24, 2.45) is 0 Å². The van der Waals surface area contributed by atoms with Crippen molar-refractivity contribution in [1.29, 1.82) is 0 Å². The molecule has 3 nitrogen and oxygen atoms in total. The molecule has 172 valence electrons. The molecular formula is C27H20F4N2O. The molecule has 0 atom stereocenters. The number of pyridine rings is 2. The molecule has 0 saturated carbocycles. The highest BCUT2D eigenvalue weighted by atomic mass is 19.1. The summed E-state index contributed by atoms with van der Waals surface area (Å²) in [6, 6.07) is 11.6. The summed E-state index contributed by atoms with van der Waals surface area (Å²) in [6.45, 7) is 7.11. The van der Waals surface area contributed by atoms with Gasteiger partial charge in [0.2, 0.25) is 0 Å². The fourth-order valence-corrected chi connectivity index (χ4v) is 3.15. The summed E-state index contributed by atoms with van der Waals surface area (Å²) in [7, 11) is 0. The number of hydrogen-bond donors (Lipinski definition) is 0. The van der Waals surface area contributed by atoms with Gasteiger partial charge in [-0.15, -0.1) is 0 Å². The van der Waals surface area contributed by atoms with Crippen molar-refractivity contribution >= 4 is 12.4 Å². The number of aldehydes is 1. The van der Waals surface area contributed by atoms with E-state index in [9.17, 15) is 22.4 Å². The number of nitrogens with zero attached hydrogens (tertiary/aromatic N) is 2. The smallest absolute Gasteiger partial charge is 0.171 e. The summed E-state index contributed by atoms with van der Waals surface area (Å²) < 4.78 is 54.0. The maximum Gasteiger partial charge on any atom is 0.171 e. The van der Waals surface area contributed by atoms with Gasteiger partial charge in [-0.25, -0.2) is 22.5 Å². The van der Waals surface area contributed by atoms with E-state index in [1.54, 1.807) is 24.3 Å². The predicted molar refractivity (Wildman–Crippen MR) is 124 cm³/mol. The fraction of sp³-hybridized carbons (Fsp3) is 0.0741. The molecule has 2 aromatic carbocycles. The highest BCUT2D eigenvalue weighted by Crippen LogP contribution is 2.25. The summed E-state index contributed by atoms with van der Waals surface area (Å²) >= 11 is 0. The van der Waals surface area contributed by atoms with Crippen LogP contribution >= 0.6 is 0 Å². The lowest BCUT2D eigenvalue weighted by Crippen LogP contribution is -1.95. The Hall–Kier alpha value is -4.13. The van der Waals surface area contributed by atoms with Crippen LogP contribution in [0.5, 0.6) is 0 Å². The molecule has 0 N–H and O–H groups in total. The number of carbonyl (C=O) groups is 1. The minimum atomic E-state index is -0.751. The summed E-state index contributed by atoms with van der Waals surface area (Å²) in [4.78, 5) is 17.9. The number of halogens is 4. The van der Waals surface area contributed by atoms with Crippen molar-refractivity contribution in [2.45, 2.75) is 13.8 Å². The maximum absolute atomic E-state index is 13.6. The normalized spacial score (nSPS) is 10.3. The second-order valence-electron chi connectivity index (χ2n) is 7.47. The number of aromatic nitrogens is 2. The van der Waals surface area contributed by atoms with Crippen molar-refractivity contribution in [1.82, 2.24) is 9.97 Å². The van der Waals surface area contributed by atoms with E-state index in [0.29, 0.717) is 23.0 Å². The van der Waals surface area contributed by atoms with Crippen molar-refractivity contribution in [3.63, 3.8) is 0 Å². The second kappa shape index (κ2) is 10.7. The first-order valence-electron chi connectivity index (χ1n) is 10.1. The number of rotatable bonds is 4. The van der Waals surface area contributed by atoms with E-state index >= 15 is 0 Å². The molecular weight excluding hydrogens is 444 g/mol. The number of hydrogen-bond acceptors (Lipinski definition) is 3. The minimum absolute atomic E-state index is 0.168. The first-order valence-corrected chi connectivity index (χ1v) is 10.1. The quantitative estimate of drug-likeness (QED) is 0.238. The number of carbonyl (C=O) groups excluding carboxylic acids is 1. The highest BCUT2D eigenvalue weighted by molar-refractivity contribution is 5.74. The van der Waals surface area contributed by atoms with E-state index in [0.717, 1.165) is 17.2 Å². The molecule has 0 bridgehead atoms. The fourth-order valence-electron chi connectivity index (χ4n) is 3.15. The molecule has 0 fully saturated rings. The van der Waals surface area contributed by atoms with Crippen LogP contribution in [0.25, 0.3) is 28.3 Å². The molecule has 4 rings (SSSR count). The molecule has 4 aromatic rings. The number of benzene rings is 2. The second-order valence-corrected chi connectivity index (χ2v) is 7.47. The Bertz CT molecular complexity index is 1260. The monoisotopic (exact) mass is 464 g/mol. The first-order chi connectivity index (χ1) is 16.2. The highest BCUT2D eigenvalue weighted by Gasteiger charge is 2.10. The molecule has 0 unspecified atom stereocenters. The van der Waals surface area contributed by atoms with Gasteiger partial charge in [-0.1, -0.05) is 29.8 Å². The third-order valence-electron chi connectivity index (χ3n) is 4.91. The van der Waals surface area contributed by atoms with Gasteiger partial charge in [0.25, 0.3) is 0 Å². The Balaban J connectivity index is 0.000000191. The van der Waals surface area contributed by atoms with Gasteiger partial charge in [0.05, 0.1) is 5.69 Å². The summed E-state index contributed by atoms with van der Waals surface area (Å²) in [5.41, 5.74) is 3.03. The Morgan fingerprint density at radius 3 is 1.50 bits per heavy atom. The zero-order valence-corrected chi connectivity index (χ0v) is 18.4.